The molecule has 1 aliphatic rings. The standard InChI is InChI=1S/C26H38N2O2.2ClH/c1-4-5-20-30-25-12-10-24(11-13-25)27(3)17-14-26(29)15-18-28(19-16-26)21-23-9-7-6-8-22(23)2;;/h6-13,29H,4-5,14-21H2,1-3H3;2*1H. The Morgan fingerprint density at radius 3 is 2.31 bits per heavy atom. The lowest BCUT2D eigenvalue weighted by atomic mass is 9.87. The second kappa shape index (κ2) is 13.9. The van der Waals surface area contributed by atoms with Crippen LogP contribution in [-0.4, -0.2) is 48.9 Å². The molecular formula is C26H40Cl2N2O2. The average Bonchev–Trinajstić information content (AvgIpc) is 2.76. The van der Waals surface area contributed by atoms with Crippen molar-refractivity contribution in [3.8, 4) is 5.75 Å². The predicted molar refractivity (Wildman–Crippen MR) is 140 cm³/mol. The van der Waals surface area contributed by atoms with E-state index in [4.69, 9.17) is 4.74 Å². The largest absolute Gasteiger partial charge is 0.494 e. The highest BCUT2D eigenvalue weighted by Gasteiger charge is 2.32. The van der Waals surface area contributed by atoms with Crippen LogP contribution in [0.25, 0.3) is 0 Å². The molecule has 1 aliphatic heterocycles. The molecule has 0 bridgehead atoms. The maximum absolute atomic E-state index is 11.1. The molecule has 4 nitrogen and oxygen atoms in total. The van der Waals surface area contributed by atoms with E-state index >= 15 is 0 Å². The fourth-order valence-corrected chi connectivity index (χ4v) is 4.04. The maximum Gasteiger partial charge on any atom is 0.119 e. The lowest BCUT2D eigenvalue weighted by Gasteiger charge is -2.39. The summed E-state index contributed by atoms with van der Waals surface area (Å²) in [5, 5.41) is 11.1. The van der Waals surface area contributed by atoms with Gasteiger partial charge in [-0.1, -0.05) is 37.6 Å². The van der Waals surface area contributed by atoms with Gasteiger partial charge in [0.1, 0.15) is 5.75 Å². The van der Waals surface area contributed by atoms with Crippen LogP contribution in [-0.2, 0) is 6.54 Å². The fraction of sp³-hybridized carbons (Fsp3) is 0.538. The Kier molecular flexibility index (Phi) is 12.5. The Labute approximate surface area is 206 Å². The number of aryl methyl sites for hydroxylation is 1. The van der Waals surface area contributed by atoms with E-state index in [1.54, 1.807) is 0 Å². The summed E-state index contributed by atoms with van der Waals surface area (Å²) in [4.78, 5) is 4.70. The molecule has 1 saturated heterocycles. The molecule has 0 unspecified atom stereocenters. The van der Waals surface area contributed by atoms with Crippen LogP contribution in [0.4, 0.5) is 5.69 Å². The zero-order valence-corrected chi connectivity index (χ0v) is 21.4. The first kappa shape index (κ1) is 28.6. The van der Waals surface area contributed by atoms with Crippen LogP contribution in [0.2, 0.25) is 0 Å². The number of benzene rings is 2. The Hall–Kier alpha value is -1.46. The SMILES string of the molecule is CCCCOc1ccc(N(C)CCC2(O)CCN(Cc3ccccc3C)CC2)cc1.Cl.Cl. The molecule has 1 heterocycles. The van der Waals surface area contributed by atoms with Crippen LogP contribution in [0.5, 0.6) is 5.75 Å². The Balaban J connectivity index is 0.00000256. The van der Waals surface area contributed by atoms with Gasteiger partial charge in [-0.3, -0.25) is 4.90 Å². The topological polar surface area (TPSA) is 35.9 Å². The zero-order valence-electron chi connectivity index (χ0n) is 19.8. The number of hydrogen-bond donors (Lipinski definition) is 1. The van der Waals surface area contributed by atoms with Gasteiger partial charge in [0, 0.05) is 38.9 Å². The van der Waals surface area contributed by atoms with Crippen molar-refractivity contribution < 1.29 is 9.84 Å². The van der Waals surface area contributed by atoms with Crippen LogP contribution < -0.4 is 9.64 Å². The normalized spacial score (nSPS) is 15.4. The number of rotatable bonds is 10. The number of aliphatic hydroxyl groups is 1. The van der Waals surface area contributed by atoms with Crippen molar-refractivity contribution in [2.45, 2.75) is 58.1 Å². The van der Waals surface area contributed by atoms with E-state index in [1.165, 1.54) is 16.8 Å². The monoisotopic (exact) mass is 482 g/mol. The second-order valence-corrected chi connectivity index (χ2v) is 8.79. The summed E-state index contributed by atoms with van der Waals surface area (Å²) in [6.45, 7) is 8.87. The summed E-state index contributed by atoms with van der Waals surface area (Å²) in [6.07, 6.45) is 4.72. The van der Waals surface area contributed by atoms with Crippen molar-refractivity contribution in [3.05, 3.63) is 59.7 Å². The van der Waals surface area contributed by atoms with Crippen molar-refractivity contribution in [1.29, 1.82) is 0 Å². The van der Waals surface area contributed by atoms with Gasteiger partial charge < -0.3 is 14.7 Å². The van der Waals surface area contributed by atoms with Gasteiger partial charge in [-0.25, -0.2) is 0 Å². The minimum Gasteiger partial charge on any atom is -0.494 e. The van der Waals surface area contributed by atoms with Crippen LogP contribution >= 0.6 is 24.8 Å². The van der Waals surface area contributed by atoms with E-state index < -0.39 is 5.60 Å². The van der Waals surface area contributed by atoms with E-state index in [2.05, 4.69) is 67.1 Å². The average molecular weight is 484 g/mol. The molecule has 0 aromatic heterocycles. The molecule has 1 fully saturated rings. The second-order valence-electron chi connectivity index (χ2n) is 8.79. The molecule has 3 rings (SSSR count). The van der Waals surface area contributed by atoms with Gasteiger partial charge in [-0.15, -0.1) is 24.8 Å². The molecule has 32 heavy (non-hydrogen) atoms. The summed E-state index contributed by atoms with van der Waals surface area (Å²) in [6, 6.07) is 16.9. The van der Waals surface area contributed by atoms with Gasteiger partial charge in [0.25, 0.3) is 0 Å². The predicted octanol–water partition coefficient (Wildman–Crippen LogP) is 5.87. The third-order valence-electron chi connectivity index (χ3n) is 6.40. The summed E-state index contributed by atoms with van der Waals surface area (Å²) >= 11 is 0. The van der Waals surface area contributed by atoms with Crippen LogP contribution in [0.15, 0.2) is 48.5 Å². The smallest absolute Gasteiger partial charge is 0.119 e. The number of anilines is 1. The Morgan fingerprint density at radius 2 is 1.69 bits per heavy atom. The van der Waals surface area contributed by atoms with Crippen molar-refractivity contribution in [1.82, 2.24) is 4.90 Å². The molecule has 6 heteroatoms. The third-order valence-corrected chi connectivity index (χ3v) is 6.40. The number of ether oxygens (including phenoxy) is 1. The fourth-order valence-electron chi connectivity index (χ4n) is 4.04. The first-order chi connectivity index (χ1) is 14.5. The van der Waals surface area contributed by atoms with E-state index in [-0.39, 0.29) is 24.8 Å². The molecule has 0 spiro atoms. The van der Waals surface area contributed by atoms with Crippen molar-refractivity contribution in [3.63, 3.8) is 0 Å². The minimum atomic E-state index is -0.556. The lowest BCUT2D eigenvalue weighted by molar-refractivity contribution is -0.0275. The highest BCUT2D eigenvalue weighted by Crippen LogP contribution is 2.28. The number of unbranched alkanes of at least 4 members (excludes halogenated alkanes) is 1. The van der Waals surface area contributed by atoms with Crippen molar-refractivity contribution in [2.75, 3.05) is 38.2 Å². The van der Waals surface area contributed by atoms with Gasteiger partial charge in [0.15, 0.2) is 0 Å². The number of piperidine rings is 1. The molecule has 2 aromatic carbocycles. The molecule has 1 N–H and O–H groups in total. The van der Waals surface area contributed by atoms with Crippen LogP contribution in [0.1, 0.15) is 50.2 Å². The summed E-state index contributed by atoms with van der Waals surface area (Å²) in [5.74, 6) is 0.931. The highest BCUT2D eigenvalue weighted by atomic mass is 35.5. The van der Waals surface area contributed by atoms with Crippen molar-refractivity contribution >= 4 is 30.5 Å². The maximum atomic E-state index is 11.1. The van der Waals surface area contributed by atoms with Gasteiger partial charge in [0.2, 0.25) is 0 Å². The molecule has 0 radical (unpaired) electrons. The quantitative estimate of drug-likeness (QED) is 0.429. The zero-order chi connectivity index (χ0) is 21.4. The number of nitrogens with zero attached hydrogens (tertiary/aromatic N) is 2. The number of likely N-dealkylation sites (tertiary alicyclic amines) is 1. The van der Waals surface area contributed by atoms with Crippen LogP contribution in [0.3, 0.4) is 0 Å². The molecular weight excluding hydrogens is 443 g/mol. The number of halogens is 2. The van der Waals surface area contributed by atoms with Gasteiger partial charge in [0.05, 0.1) is 12.2 Å². The van der Waals surface area contributed by atoms with E-state index in [9.17, 15) is 5.11 Å². The third kappa shape index (κ3) is 8.47. The van der Waals surface area contributed by atoms with Gasteiger partial charge in [-0.2, -0.15) is 0 Å². The molecule has 0 amide bonds. The van der Waals surface area contributed by atoms with E-state index in [0.29, 0.717) is 0 Å². The Morgan fingerprint density at radius 1 is 1.03 bits per heavy atom. The molecule has 0 atom stereocenters. The van der Waals surface area contributed by atoms with E-state index in [1.807, 2.05) is 12.1 Å². The number of hydrogen-bond acceptors (Lipinski definition) is 4. The van der Waals surface area contributed by atoms with Crippen LogP contribution in [0, 0.1) is 6.92 Å². The lowest BCUT2D eigenvalue weighted by Crippen LogP contribution is -2.45. The first-order valence-electron chi connectivity index (χ1n) is 11.4. The minimum absolute atomic E-state index is 0. The summed E-state index contributed by atoms with van der Waals surface area (Å²) in [7, 11) is 2.10. The molecule has 0 saturated carbocycles. The summed E-state index contributed by atoms with van der Waals surface area (Å²) in [5.41, 5.74) is 3.35. The van der Waals surface area contributed by atoms with E-state index in [0.717, 1.165) is 70.6 Å². The Bertz CT molecular complexity index is 778. The first-order valence-corrected chi connectivity index (χ1v) is 11.4. The summed E-state index contributed by atoms with van der Waals surface area (Å²) < 4.78 is 5.75. The molecule has 2 aromatic rings. The van der Waals surface area contributed by atoms with Gasteiger partial charge >= 0.3 is 0 Å². The molecule has 180 valence electrons. The molecule has 0 aliphatic carbocycles. The van der Waals surface area contributed by atoms with Crippen molar-refractivity contribution in [2.24, 2.45) is 0 Å². The van der Waals surface area contributed by atoms with Gasteiger partial charge in [-0.05, 0) is 68.0 Å². The highest BCUT2D eigenvalue weighted by molar-refractivity contribution is 5.85.